The first-order valence-corrected chi connectivity index (χ1v) is 5.02. The Hall–Kier alpha value is -1.31. The Bertz CT molecular complexity index is 387. The lowest BCUT2D eigenvalue weighted by Crippen LogP contribution is -2.07. The molecule has 0 bridgehead atoms. The molecular weight excluding hydrogens is 188 g/mol. The van der Waals surface area contributed by atoms with Crippen molar-refractivity contribution in [2.24, 2.45) is 5.92 Å². The zero-order chi connectivity index (χ0) is 13.1. The van der Waals surface area contributed by atoms with Crippen LogP contribution in [0, 0.1) is 5.92 Å². The average Bonchev–Trinajstić information content (AvgIpc) is 2.28. The summed E-state index contributed by atoms with van der Waals surface area (Å²) in [7, 11) is 0. The molecule has 1 unspecified atom stereocenters. The molecule has 0 amide bonds. The molecule has 0 aliphatic heterocycles. The molecule has 1 rings (SSSR count). The first kappa shape index (κ1) is 8.96. The van der Waals surface area contributed by atoms with Gasteiger partial charge in [0.15, 0.2) is 0 Å². The van der Waals surface area contributed by atoms with Gasteiger partial charge in [0.05, 0.1) is 5.89 Å². The van der Waals surface area contributed by atoms with Crippen LogP contribution in [0.25, 0.3) is 0 Å². The molecule has 0 saturated heterocycles. The summed E-state index contributed by atoms with van der Waals surface area (Å²) in [6.07, 6.45) is 0.930. The maximum absolute atomic E-state index is 11.0. The van der Waals surface area contributed by atoms with Crippen molar-refractivity contribution in [3.63, 3.8) is 0 Å². The van der Waals surface area contributed by atoms with Gasteiger partial charge in [-0.15, -0.1) is 0 Å². The van der Waals surface area contributed by atoms with Crippen LogP contribution in [0.2, 0.25) is 0 Å². The van der Waals surface area contributed by atoms with Crippen molar-refractivity contribution < 1.29 is 12.6 Å². The lowest BCUT2D eigenvalue weighted by molar-refractivity contribution is -0.138. The van der Waals surface area contributed by atoms with Crippen LogP contribution in [-0.2, 0) is 11.2 Å². The maximum Gasteiger partial charge on any atom is 0.310 e. The fourth-order valence-corrected chi connectivity index (χ4v) is 1.44. The van der Waals surface area contributed by atoms with Gasteiger partial charge in [-0.05, 0) is 30.4 Å². The molecule has 0 heterocycles. The highest BCUT2D eigenvalue weighted by Gasteiger charge is 2.12. The van der Waals surface area contributed by atoms with E-state index in [0.717, 1.165) is 12.0 Å². The van der Waals surface area contributed by atoms with Gasteiger partial charge in [0.25, 0.3) is 0 Å². The van der Waals surface area contributed by atoms with Gasteiger partial charge in [0.1, 0.15) is 0 Å². The third kappa shape index (κ3) is 3.39. The summed E-state index contributed by atoms with van der Waals surface area (Å²) in [5.41, 5.74) is 1.49. The molecule has 1 aromatic carbocycles. The van der Waals surface area contributed by atoms with E-state index >= 15 is 0 Å². The van der Waals surface area contributed by atoms with Crippen molar-refractivity contribution in [3.05, 3.63) is 35.4 Å². The fourth-order valence-electron chi connectivity index (χ4n) is 1.44. The van der Waals surface area contributed by atoms with Gasteiger partial charge in [-0.1, -0.05) is 38.1 Å². The molecule has 82 valence electrons. The molecule has 0 fully saturated rings. The molecule has 0 aromatic heterocycles. The number of hydrogen-bond acceptors (Lipinski definition) is 1. The van der Waals surface area contributed by atoms with E-state index in [9.17, 15) is 4.79 Å². The summed E-state index contributed by atoms with van der Waals surface area (Å²) >= 11 is 0. The van der Waals surface area contributed by atoms with E-state index in [0.29, 0.717) is 11.5 Å². The molecule has 1 aromatic rings. The number of benzene rings is 1. The zero-order valence-corrected chi connectivity index (χ0v) is 9.16. The number of carboxylic acid groups (broad SMARTS) is 1. The van der Waals surface area contributed by atoms with Crippen LogP contribution in [0.1, 0.15) is 40.5 Å². The normalized spacial score (nSPS) is 16.7. The van der Waals surface area contributed by atoms with Crippen molar-refractivity contribution in [2.75, 3.05) is 0 Å². The summed E-state index contributed by atoms with van der Waals surface area (Å²) in [5, 5.41) is 8.99. The van der Waals surface area contributed by atoms with Gasteiger partial charge in [-0.3, -0.25) is 4.79 Å². The Labute approximate surface area is 93.8 Å². The number of carbonyl (C=O) groups is 1. The van der Waals surface area contributed by atoms with Crippen molar-refractivity contribution >= 4 is 5.97 Å². The number of rotatable bonds is 4. The molecule has 1 N–H and O–H groups in total. The highest BCUT2D eigenvalue weighted by molar-refractivity contribution is 5.75. The molecule has 2 nitrogen and oxygen atoms in total. The van der Waals surface area contributed by atoms with E-state index in [1.807, 2.05) is 12.1 Å². The second-order valence-corrected chi connectivity index (χ2v) is 4.08. The molecule has 1 atom stereocenters. The van der Waals surface area contributed by atoms with E-state index in [-0.39, 0.29) is 0 Å². The Balaban J connectivity index is 2.97. The Kier molecular flexibility index (Phi) is 2.96. The van der Waals surface area contributed by atoms with Crippen LogP contribution in [0.5, 0.6) is 0 Å². The van der Waals surface area contributed by atoms with Crippen LogP contribution in [0.15, 0.2) is 24.3 Å². The van der Waals surface area contributed by atoms with Crippen LogP contribution in [0.4, 0.5) is 0 Å². The van der Waals surface area contributed by atoms with Gasteiger partial charge in [0, 0.05) is 2.74 Å². The van der Waals surface area contributed by atoms with Crippen LogP contribution < -0.4 is 0 Å². The van der Waals surface area contributed by atoms with E-state index in [1.54, 1.807) is 12.1 Å². The van der Waals surface area contributed by atoms with Gasteiger partial charge in [-0.25, -0.2) is 0 Å². The summed E-state index contributed by atoms with van der Waals surface area (Å²) in [4.78, 5) is 11.0. The highest BCUT2D eigenvalue weighted by atomic mass is 16.4. The molecule has 0 spiro atoms. The average molecular weight is 208 g/mol. The molecule has 0 radical (unpaired) electrons. The summed E-state index contributed by atoms with van der Waals surface area (Å²) < 4.78 is 15.0. The monoisotopic (exact) mass is 208 g/mol. The third-order valence-corrected chi connectivity index (χ3v) is 2.20. The summed E-state index contributed by atoms with van der Waals surface area (Å²) in [6, 6.07) is 6.98. The number of aliphatic carboxylic acids is 1. The van der Waals surface area contributed by atoms with Crippen molar-refractivity contribution in [1.29, 1.82) is 0 Å². The minimum atomic E-state index is -1.85. The molecule has 0 aliphatic rings. The second kappa shape index (κ2) is 4.96. The van der Waals surface area contributed by atoms with Crippen molar-refractivity contribution in [3.8, 4) is 0 Å². The predicted molar refractivity (Wildman–Crippen MR) is 61.0 cm³/mol. The van der Waals surface area contributed by atoms with E-state index in [2.05, 4.69) is 13.8 Å². The SMILES string of the molecule is [2H]CC([2H])(C(=O)O)c1ccc(CC(C)C)cc1. The van der Waals surface area contributed by atoms with E-state index < -0.39 is 18.8 Å². The van der Waals surface area contributed by atoms with Crippen molar-refractivity contribution in [1.82, 2.24) is 0 Å². The summed E-state index contributed by atoms with van der Waals surface area (Å²) in [5.74, 6) is -2.59. The van der Waals surface area contributed by atoms with Crippen LogP contribution in [-0.4, -0.2) is 11.1 Å². The van der Waals surface area contributed by atoms with E-state index in [1.165, 1.54) is 0 Å². The van der Waals surface area contributed by atoms with Crippen molar-refractivity contribution in [2.45, 2.75) is 33.1 Å². The molecular formula is C13H18O2. The third-order valence-electron chi connectivity index (χ3n) is 2.20. The topological polar surface area (TPSA) is 37.3 Å². The molecule has 0 aliphatic carbocycles. The number of hydrogen-bond donors (Lipinski definition) is 1. The Morgan fingerprint density at radius 3 is 2.47 bits per heavy atom. The van der Waals surface area contributed by atoms with Gasteiger partial charge in [-0.2, -0.15) is 0 Å². The lowest BCUT2D eigenvalue weighted by atomic mass is 9.97. The van der Waals surface area contributed by atoms with Gasteiger partial charge >= 0.3 is 5.97 Å². The first-order chi connectivity index (χ1) is 7.90. The fraction of sp³-hybridized carbons (Fsp3) is 0.462. The molecule has 0 saturated carbocycles. The first-order valence-electron chi connectivity index (χ1n) is 6.23. The van der Waals surface area contributed by atoms with Gasteiger partial charge in [0.2, 0.25) is 0 Å². The quantitative estimate of drug-likeness (QED) is 0.825. The minimum Gasteiger partial charge on any atom is -0.481 e. The summed E-state index contributed by atoms with van der Waals surface area (Å²) in [6.45, 7) is 3.75. The predicted octanol–water partition coefficient (Wildman–Crippen LogP) is 3.07. The minimum absolute atomic E-state index is 0.368. The molecule has 15 heavy (non-hydrogen) atoms. The van der Waals surface area contributed by atoms with Gasteiger partial charge < -0.3 is 5.11 Å². The highest BCUT2D eigenvalue weighted by Crippen LogP contribution is 2.17. The lowest BCUT2D eigenvalue weighted by Gasteiger charge is -2.09. The standard InChI is InChI=1S/C13H18O2/c1-9(2)8-11-4-6-12(7-5-11)10(3)13(14)15/h4-7,9-10H,8H2,1-3H3,(H,14,15)/i3D,10D. The van der Waals surface area contributed by atoms with Crippen LogP contribution >= 0.6 is 0 Å². The van der Waals surface area contributed by atoms with Crippen LogP contribution in [0.3, 0.4) is 0 Å². The van der Waals surface area contributed by atoms with E-state index in [4.69, 9.17) is 7.85 Å². The zero-order valence-electron chi connectivity index (χ0n) is 11.2. The maximum atomic E-state index is 11.0. The smallest absolute Gasteiger partial charge is 0.310 e. The molecule has 2 heteroatoms. The Morgan fingerprint density at radius 2 is 2.07 bits per heavy atom. The number of carboxylic acids is 1. The second-order valence-electron chi connectivity index (χ2n) is 4.08. The Morgan fingerprint density at radius 1 is 1.47 bits per heavy atom. The largest absolute Gasteiger partial charge is 0.481 e.